The van der Waals surface area contributed by atoms with Gasteiger partial charge in [-0.2, -0.15) is 4.39 Å². The molecule has 2 atom stereocenters. The first kappa shape index (κ1) is 21.8. The van der Waals surface area contributed by atoms with Crippen molar-refractivity contribution in [3.05, 3.63) is 54.2 Å². The van der Waals surface area contributed by atoms with E-state index in [1.807, 2.05) is 26.8 Å². The van der Waals surface area contributed by atoms with Gasteiger partial charge in [-0.25, -0.2) is 9.78 Å². The lowest BCUT2D eigenvalue weighted by atomic mass is 9.79. The first-order valence-electron chi connectivity index (χ1n) is 10.7. The van der Waals surface area contributed by atoms with E-state index in [9.17, 15) is 19.1 Å². The second-order valence-corrected chi connectivity index (χ2v) is 9.36. The highest BCUT2D eigenvalue weighted by Gasteiger charge is 2.39. The number of halogens is 1. The average molecular weight is 439 g/mol. The van der Waals surface area contributed by atoms with Crippen LogP contribution in [-0.2, 0) is 0 Å². The number of hydrogen-bond donors (Lipinski definition) is 3. The summed E-state index contributed by atoms with van der Waals surface area (Å²) in [5.41, 5.74) is 2.01. The molecule has 7 nitrogen and oxygen atoms in total. The third kappa shape index (κ3) is 4.17. The third-order valence-corrected chi connectivity index (χ3v) is 6.18. The van der Waals surface area contributed by atoms with Crippen molar-refractivity contribution in [1.29, 1.82) is 0 Å². The molecule has 32 heavy (non-hydrogen) atoms. The number of pyridine rings is 1. The number of rotatable bonds is 3. The summed E-state index contributed by atoms with van der Waals surface area (Å²) < 4.78 is 14.1. The normalized spacial score (nSPS) is 19.2. The monoisotopic (exact) mass is 438 g/mol. The van der Waals surface area contributed by atoms with E-state index in [0.29, 0.717) is 41.5 Å². The van der Waals surface area contributed by atoms with Gasteiger partial charge < -0.3 is 20.3 Å². The molecule has 0 saturated carbocycles. The Morgan fingerprint density at radius 2 is 2.06 bits per heavy atom. The number of hydrogen-bond acceptors (Lipinski definition) is 3. The van der Waals surface area contributed by atoms with Gasteiger partial charge in [0.15, 0.2) is 0 Å². The van der Waals surface area contributed by atoms with Crippen LogP contribution >= 0.6 is 0 Å². The highest BCUT2D eigenvalue weighted by Crippen LogP contribution is 2.33. The Morgan fingerprint density at radius 1 is 1.28 bits per heavy atom. The zero-order chi connectivity index (χ0) is 23.0. The minimum absolute atomic E-state index is 0.133. The summed E-state index contributed by atoms with van der Waals surface area (Å²) in [5.74, 6) is -0.798. The van der Waals surface area contributed by atoms with Gasteiger partial charge in [0.05, 0.1) is 5.56 Å². The Morgan fingerprint density at radius 3 is 2.75 bits per heavy atom. The highest BCUT2D eigenvalue weighted by atomic mass is 19.1. The number of carboxylic acid groups (broad SMARTS) is 1. The van der Waals surface area contributed by atoms with Crippen molar-refractivity contribution in [2.45, 2.75) is 45.7 Å². The Bertz CT molecular complexity index is 1170. The van der Waals surface area contributed by atoms with Crippen molar-refractivity contribution >= 4 is 22.9 Å². The van der Waals surface area contributed by atoms with Crippen molar-refractivity contribution in [1.82, 2.24) is 20.2 Å². The Hall–Kier alpha value is -3.42. The standard InChI is InChI=1S/C24H27FN4O3/c1-24(2,3)20-12-15(8-10-29(20)23(31)32)28-22(30)18-13-27-19-7-6-14(11-17(18)19)16-5-4-9-26-21(16)25/h4-7,9,11,13,15,20,27H,8,10,12H2,1-3H3,(H,28,30)(H,31,32). The molecule has 0 aliphatic carbocycles. The van der Waals surface area contributed by atoms with Gasteiger partial charge in [0.1, 0.15) is 0 Å². The first-order valence-corrected chi connectivity index (χ1v) is 10.7. The fraction of sp³-hybridized carbons (Fsp3) is 0.375. The quantitative estimate of drug-likeness (QED) is 0.518. The van der Waals surface area contributed by atoms with Crippen molar-refractivity contribution < 1.29 is 19.1 Å². The van der Waals surface area contributed by atoms with Crippen molar-refractivity contribution in [3.8, 4) is 11.1 Å². The number of likely N-dealkylation sites (tertiary alicyclic amines) is 1. The van der Waals surface area contributed by atoms with E-state index in [-0.39, 0.29) is 23.4 Å². The lowest BCUT2D eigenvalue weighted by molar-refractivity contribution is 0.0471. The molecule has 3 aromatic rings. The summed E-state index contributed by atoms with van der Waals surface area (Å²) in [6.07, 6.45) is 3.22. The minimum Gasteiger partial charge on any atom is -0.465 e. The summed E-state index contributed by atoms with van der Waals surface area (Å²) >= 11 is 0. The van der Waals surface area contributed by atoms with Crippen LogP contribution in [0.25, 0.3) is 22.0 Å². The molecular weight excluding hydrogens is 411 g/mol. The summed E-state index contributed by atoms with van der Waals surface area (Å²) in [5, 5.41) is 13.3. The molecule has 0 spiro atoms. The predicted molar refractivity (Wildman–Crippen MR) is 120 cm³/mol. The molecule has 1 fully saturated rings. The number of fused-ring (bicyclic) bond motifs is 1. The molecule has 3 N–H and O–H groups in total. The zero-order valence-electron chi connectivity index (χ0n) is 18.4. The number of aromatic nitrogens is 2. The lowest BCUT2D eigenvalue weighted by Crippen LogP contribution is -2.56. The van der Waals surface area contributed by atoms with Crippen LogP contribution < -0.4 is 5.32 Å². The van der Waals surface area contributed by atoms with Crippen LogP contribution in [0.1, 0.15) is 44.0 Å². The maximum absolute atomic E-state index is 14.1. The number of amides is 2. The molecule has 1 aromatic carbocycles. The molecule has 168 valence electrons. The summed E-state index contributed by atoms with van der Waals surface area (Å²) in [4.78, 5) is 33.1. The Balaban J connectivity index is 1.57. The fourth-order valence-electron chi connectivity index (χ4n) is 4.49. The number of benzene rings is 1. The number of piperidine rings is 1. The molecule has 2 unspecified atom stereocenters. The molecule has 1 saturated heterocycles. The van der Waals surface area contributed by atoms with Crippen LogP contribution in [0.4, 0.5) is 9.18 Å². The summed E-state index contributed by atoms with van der Waals surface area (Å²) in [7, 11) is 0. The number of H-pyrrole nitrogens is 1. The molecule has 2 aromatic heterocycles. The van der Waals surface area contributed by atoms with Crippen LogP contribution in [-0.4, -0.2) is 50.6 Å². The van der Waals surface area contributed by atoms with Crippen LogP contribution in [0.2, 0.25) is 0 Å². The molecular formula is C24H27FN4O3. The average Bonchev–Trinajstić information content (AvgIpc) is 3.16. The van der Waals surface area contributed by atoms with Gasteiger partial charge in [-0.15, -0.1) is 0 Å². The van der Waals surface area contributed by atoms with Gasteiger partial charge in [-0.3, -0.25) is 4.79 Å². The maximum atomic E-state index is 14.1. The number of carbonyl (C=O) groups is 2. The van der Waals surface area contributed by atoms with Gasteiger partial charge >= 0.3 is 6.09 Å². The molecule has 0 radical (unpaired) electrons. The van der Waals surface area contributed by atoms with E-state index < -0.39 is 12.0 Å². The van der Waals surface area contributed by atoms with Crippen molar-refractivity contribution in [2.24, 2.45) is 5.41 Å². The Labute approximate surface area is 185 Å². The number of nitrogens with one attached hydrogen (secondary N) is 2. The van der Waals surface area contributed by atoms with Crippen LogP contribution in [0.15, 0.2) is 42.7 Å². The van der Waals surface area contributed by atoms with Crippen LogP contribution in [0.5, 0.6) is 0 Å². The van der Waals surface area contributed by atoms with Crippen molar-refractivity contribution in [3.63, 3.8) is 0 Å². The number of aromatic amines is 1. The molecule has 3 heterocycles. The smallest absolute Gasteiger partial charge is 0.407 e. The minimum atomic E-state index is -0.929. The molecule has 1 aliphatic heterocycles. The van der Waals surface area contributed by atoms with Crippen LogP contribution in [0, 0.1) is 11.4 Å². The molecule has 1 aliphatic rings. The second kappa shape index (κ2) is 8.26. The molecule has 8 heteroatoms. The summed E-state index contributed by atoms with van der Waals surface area (Å²) in [6, 6.07) is 8.38. The van der Waals surface area contributed by atoms with Crippen LogP contribution in [0.3, 0.4) is 0 Å². The predicted octanol–water partition coefficient (Wildman–Crippen LogP) is 4.66. The van der Waals surface area contributed by atoms with E-state index in [0.717, 1.165) is 5.52 Å². The van der Waals surface area contributed by atoms with Gasteiger partial charge in [0, 0.05) is 47.5 Å². The van der Waals surface area contributed by atoms with E-state index in [1.54, 1.807) is 30.5 Å². The first-order chi connectivity index (χ1) is 15.1. The van der Waals surface area contributed by atoms with Gasteiger partial charge in [-0.05, 0) is 48.1 Å². The third-order valence-electron chi connectivity index (χ3n) is 6.18. The number of carbonyl (C=O) groups excluding carboxylic acids is 1. The largest absolute Gasteiger partial charge is 0.465 e. The zero-order valence-corrected chi connectivity index (χ0v) is 18.4. The SMILES string of the molecule is CC(C)(C)C1CC(NC(=O)c2c[nH]c3ccc(-c4cccnc4F)cc23)CCN1C(=O)O. The van der Waals surface area contributed by atoms with Gasteiger partial charge in [0.25, 0.3) is 5.91 Å². The van der Waals surface area contributed by atoms with Gasteiger partial charge in [-0.1, -0.05) is 26.8 Å². The fourth-order valence-corrected chi connectivity index (χ4v) is 4.49. The number of nitrogens with zero attached hydrogens (tertiary/aromatic N) is 2. The van der Waals surface area contributed by atoms with E-state index in [2.05, 4.69) is 15.3 Å². The van der Waals surface area contributed by atoms with Gasteiger partial charge in [0.2, 0.25) is 5.95 Å². The molecule has 0 bridgehead atoms. The second-order valence-electron chi connectivity index (χ2n) is 9.36. The van der Waals surface area contributed by atoms with E-state index in [1.165, 1.54) is 11.1 Å². The highest BCUT2D eigenvalue weighted by molar-refractivity contribution is 6.07. The Kier molecular flexibility index (Phi) is 5.62. The van der Waals surface area contributed by atoms with Crippen molar-refractivity contribution in [2.75, 3.05) is 6.54 Å². The molecule has 2 amide bonds. The maximum Gasteiger partial charge on any atom is 0.407 e. The van der Waals surface area contributed by atoms with E-state index >= 15 is 0 Å². The molecule has 4 rings (SSSR count). The summed E-state index contributed by atoms with van der Waals surface area (Å²) in [6.45, 7) is 6.41. The lowest BCUT2D eigenvalue weighted by Gasteiger charge is -2.44. The topological polar surface area (TPSA) is 98.3 Å². The van der Waals surface area contributed by atoms with E-state index in [4.69, 9.17) is 0 Å².